The van der Waals surface area contributed by atoms with Crippen molar-refractivity contribution in [2.24, 2.45) is 5.92 Å². The van der Waals surface area contributed by atoms with Gasteiger partial charge in [0.2, 0.25) is 0 Å². The van der Waals surface area contributed by atoms with Gasteiger partial charge >= 0.3 is 5.97 Å². The van der Waals surface area contributed by atoms with Gasteiger partial charge in [-0.15, -0.1) is 0 Å². The first-order valence-corrected chi connectivity index (χ1v) is 12.2. The highest BCUT2D eigenvalue weighted by Crippen LogP contribution is 2.28. The van der Waals surface area contributed by atoms with Gasteiger partial charge in [0.1, 0.15) is 18.1 Å². The molecule has 0 radical (unpaired) electrons. The second-order valence-corrected chi connectivity index (χ2v) is 9.01. The standard InChI is InChI=1S/C27H28ClN5O3/c1-4-36-24(34)14-18-7-9-19(10-8-18)30-26-20-11-12-22(25-21(28)6-5-13-29-25)31-27(20)33-23(32-26)16-35-15-17(2)3/h5-13,17H,4,14-16H2,1-3H3,(H,30,31,32,33). The minimum absolute atomic E-state index is 0.227. The molecule has 4 rings (SSSR count). The largest absolute Gasteiger partial charge is 0.466 e. The van der Waals surface area contributed by atoms with E-state index >= 15 is 0 Å². The number of halogens is 1. The normalized spacial score (nSPS) is 11.1. The summed E-state index contributed by atoms with van der Waals surface area (Å²) in [5.74, 6) is 1.27. The molecule has 1 aromatic carbocycles. The Labute approximate surface area is 215 Å². The Bertz CT molecular complexity index is 1350. The van der Waals surface area contributed by atoms with Crippen molar-refractivity contribution in [2.45, 2.75) is 33.8 Å². The highest BCUT2D eigenvalue weighted by Gasteiger charge is 2.14. The maximum absolute atomic E-state index is 11.8. The Balaban J connectivity index is 1.65. The fourth-order valence-electron chi connectivity index (χ4n) is 3.53. The second-order valence-electron chi connectivity index (χ2n) is 8.60. The quantitative estimate of drug-likeness (QED) is 0.271. The number of aromatic nitrogens is 4. The number of esters is 1. The van der Waals surface area contributed by atoms with Gasteiger partial charge < -0.3 is 14.8 Å². The van der Waals surface area contributed by atoms with Crippen molar-refractivity contribution in [3.63, 3.8) is 0 Å². The molecule has 36 heavy (non-hydrogen) atoms. The number of nitrogens with one attached hydrogen (secondary N) is 1. The number of pyridine rings is 2. The van der Waals surface area contributed by atoms with Crippen LogP contribution in [0.2, 0.25) is 5.02 Å². The molecule has 0 spiro atoms. The van der Waals surface area contributed by atoms with Crippen LogP contribution in [0.5, 0.6) is 0 Å². The number of hydrogen-bond acceptors (Lipinski definition) is 8. The molecule has 1 N–H and O–H groups in total. The predicted molar refractivity (Wildman–Crippen MR) is 140 cm³/mol. The van der Waals surface area contributed by atoms with Crippen molar-refractivity contribution in [3.05, 3.63) is 71.1 Å². The number of anilines is 2. The maximum atomic E-state index is 11.8. The van der Waals surface area contributed by atoms with Crippen LogP contribution in [0, 0.1) is 5.92 Å². The van der Waals surface area contributed by atoms with Crippen LogP contribution in [0.15, 0.2) is 54.7 Å². The number of rotatable bonds is 10. The lowest BCUT2D eigenvalue weighted by Crippen LogP contribution is -2.08. The number of nitrogens with zero attached hydrogens (tertiary/aromatic N) is 4. The highest BCUT2D eigenvalue weighted by molar-refractivity contribution is 6.32. The minimum atomic E-state index is -0.249. The van der Waals surface area contributed by atoms with Gasteiger partial charge in [0.05, 0.1) is 29.1 Å². The zero-order valence-corrected chi connectivity index (χ0v) is 21.2. The van der Waals surface area contributed by atoms with Gasteiger partial charge in [0.25, 0.3) is 0 Å². The lowest BCUT2D eigenvalue weighted by molar-refractivity contribution is -0.142. The van der Waals surface area contributed by atoms with Gasteiger partial charge in [-0.2, -0.15) is 0 Å². The van der Waals surface area contributed by atoms with E-state index in [9.17, 15) is 4.79 Å². The highest BCUT2D eigenvalue weighted by atomic mass is 35.5. The van der Waals surface area contributed by atoms with Crippen LogP contribution in [0.25, 0.3) is 22.4 Å². The number of ether oxygens (including phenoxy) is 2. The minimum Gasteiger partial charge on any atom is -0.466 e. The van der Waals surface area contributed by atoms with Gasteiger partial charge in [0.15, 0.2) is 11.5 Å². The maximum Gasteiger partial charge on any atom is 0.310 e. The van der Waals surface area contributed by atoms with Gasteiger partial charge in [-0.1, -0.05) is 37.6 Å². The van der Waals surface area contributed by atoms with E-state index in [0.29, 0.717) is 52.8 Å². The van der Waals surface area contributed by atoms with Crippen LogP contribution >= 0.6 is 11.6 Å². The third-order valence-corrected chi connectivity index (χ3v) is 5.46. The molecule has 3 heterocycles. The first kappa shape index (κ1) is 25.5. The third-order valence-electron chi connectivity index (χ3n) is 5.16. The molecule has 0 atom stereocenters. The summed E-state index contributed by atoms with van der Waals surface area (Å²) < 4.78 is 10.8. The van der Waals surface area contributed by atoms with Crippen molar-refractivity contribution in [3.8, 4) is 11.4 Å². The molecule has 0 saturated carbocycles. The van der Waals surface area contributed by atoms with Gasteiger partial charge in [-0.3, -0.25) is 9.78 Å². The van der Waals surface area contributed by atoms with Crippen LogP contribution in [0.3, 0.4) is 0 Å². The van der Waals surface area contributed by atoms with E-state index in [0.717, 1.165) is 16.6 Å². The molecule has 0 fully saturated rings. The summed E-state index contributed by atoms with van der Waals surface area (Å²) in [5.41, 5.74) is 3.40. The topological polar surface area (TPSA) is 99.1 Å². The lowest BCUT2D eigenvalue weighted by atomic mass is 10.1. The molecule has 0 aliphatic heterocycles. The van der Waals surface area contributed by atoms with Crippen LogP contribution in [-0.2, 0) is 27.3 Å². The predicted octanol–water partition coefficient (Wildman–Crippen LogP) is 5.76. The molecule has 8 nitrogen and oxygen atoms in total. The monoisotopic (exact) mass is 505 g/mol. The van der Waals surface area contributed by atoms with Crippen molar-refractivity contribution >= 4 is 40.1 Å². The van der Waals surface area contributed by atoms with E-state index in [1.165, 1.54) is 0 Å². The van der Waals surface area contributed by atoms with Crippen LogP contribution in [0.1, 0.15) is 32.2 Å². The molecule has 9 heteroatoms. The molecule has 186 valence electrons. The van der Waals surface area contributed by atoms with Crippen molar-refractivity contribution in [2.75, 3.05) is 18.5 Å². The zero-order chi connectivity index (χ0) is 25.5. The molecule has 0 amide bonds. The summed E-state index contributed by atoms with van der Waals surface area (Å²) >= 11 is 6.34. The summed E-state index contributed by atoms with van der Waals surface area (Å²) in [6.07, 6.45) is 1.90. The lowest BCUT2D eigenvalue weighted by Gasteiger charge is -2.13. The first-order chi connectivity index (χ1) is 17.4. The summed E-state index contributed by atoms with van der Waals surface area (Å²) in [6.45, 7) is 7.20. The van der Waals surface area contributed by atoms with Gasteiger partial charge in [-0.05, 0) is 54.8 Å². The molecule has 0 aliphatic rings. The van der Waals surface area contributed by atoms with Crippen molar-refractivity contribution in [1.82, 2.24) is 19.9 Å². The fourth-order valence-corrected chi connectivity index (χ4v) is 3.75. The number of fused-ring (bicyclic) bond motifs is 1. The molecule has 0 saturated heterocycles. The van der Waals surface area contributed by atoms with Crippen LogP contribution in [0.4, 0.5) is 11.5 Å². The fraction of sp³-hybridized carbons (Fsp3) is 0.296. The zero-order valence-electron chi connectivity index (χ0n) is 20.5. The van der Waals surface area contributed by atoms with Gasteiger partial charge in [0, 0.05) is 18.5 Å². The Morgan fingerprint density at radius 1 is 1.06 bits per heavy atom. The first-order valence-electron chi connectivity index (χ1n) is 11.8. The SMILES string of the molecule is CCOC(=O)Cc1ccc(Nc2nc(COCC(C)C)nc3nc(-c4ncccc4Cl)ccc23)cc1. The molecule has 3 aromatic heterocycles. The molecular weight excluding hydrogens is 478 g/mol. The van der Waals surface area contributed by atoms with Crippen LogP contribution < -0.4 is 5.32 Å². The molecule has 0 aliphatic carbocycles. The summed E-state index contributed by atoms with van der Waals surface area (Å²) in [6, 6.07) is 14.9. The van der Waals surface area contributed by atoms with E-state index < -0.39 is 0 Å². The van der Waals surface area contributed by atoms with Crippen molar-refractivity contribution in [1.29, 1.82) is 0 Å². The Hall–Kier alpha value is -3.62. The van der Waals surface area contributed by atoms with Gasteiger partial charge in [-0.25, -0.2) is 15.0 Å². The van der Waals surface area contributed by atoms with E-state index in [1.54, 1.807) is 25.3 Å². The van der Waals surface area contributed by atoms with E-state index in [2.05, 4.69) is 29.1 Å². The molecule has 4 aromatic rings. The van der Waals surface area contributed by atoms with Crippen molar-refractivity contribution < 1.29 is 14.3 Å². The second kappa shape index (κ2) is 11.9. The van der Waals surface area contributed by atoms with Crippen LogP contribution in [-0.4, -0.2) is 39.1 Å². The van der Waals surface area contributed by atoms with E-state index in [4.69, 9.17) is 31.0 Å². The number of hydrogen-bond donors (Lipinski definition) is 1. The van der Waals surface area contributed by atoms with E-state index in [1.807, 2.05) is 36.4 Å². The Morgan fingerprint density at radius 2 is 1.86 bits per heavy atom. The average molecular weight is 506 g/mol. The molecule has 0 unspecified atom stereocenters. The molecular formula is C27H28ClN5O3. The smallest absolute Gasteiger partial charge is 0.310 e. The Morgan fingerprint density at radius 3 is 2.58 bits per heavy atom. The average Bonchev–Trinajstić information content (AvgIpc) is 2.85. The molecule has 0 bridgehead atoms. The number of carbonyl (C=O) groups excluding carboxylic acids is 1. The summed E-state index contributed by atoms with van der Waals surface area (Å²) in [7, 11) is 0. The Kier molecular flexibility index (Phi) is 8.40. The summed E-state index contributed by atoms with van der Waals surface area (Å²) in [5, 5.41) is 4.62. The number of carbonyl (C=O) groups is 1. The van der Waals surface area contributed by atoms with E-state index in [-0.39, 0.29) is 19.0 Å². The number of benzene rings is 1. The third kappa shape index (κ3) is 6.53. The summed E-state index contributed by atoms with van der Waals surface area (Å²) in [4.78, 5) is 30.2.